The number of hydrogen-bond acceptors (Lipinski definition) is 7. The number of rotatable bonds is 14. The lowest BCUT2D eigenvalue weighted by Crippen LogP contribution is -2.55. The fourth-order valence-electron chi connectivity index (χ4n) is 3.36. The number of amides is 4. The van der Waals surface area contributed by atoms with E-state index in [1.165, 1.54) is 0 Å². The van der Waals surface area contributed by atoms with Gasteiger partial charge in [-0.15, -0.1) is 0 Å². The number of carboxylic acids is 2. The Kier molecular flexibility index (Phi) is 9.92. The summed E-state index contributed by atoms with van der Waals surface area (Å²) in [5, 5.41) is 25.7. The number of nitrogens with two attached hydrogens (primary N) is 2. The van der Waals surface area contributed by atoms with Crippen LogP contribution in [0.1, 0.15) is 24.8 Å². The van der Waals surface area contributed by atoms with Gasteiger partial charge in [-0.05, 0) is 18.1 Å². The van der Waals surface area contributed by atoms with Crippen LogP contribution < -0.4 is 27.4 Å². The second-order valence-electron chi connectivity index (χ2n) is 8.01. The van der Waals surface area contributed by atoms with Crippen LogP contribution in [0.4, 0.5) is 0 Å². The molecule has 14 nitrogen and oxygen atoms in total. The molecular formula is C22H28N6O8. The fourth-order valence-corrected chi connectivity index (χ4v) is 3.36. The first kappa shape index (κ1) is 27.8. The number of aromatic amines is 1. The first-order valence-electron chi connectivity index (χ1n) is 10.9. The highest BCUT2D eigenvalue weighted by Gasteiger charge is 2.29. The number of aromatic nitrogens is 1. The van der Waals surface area contributed by atoms with Gasteiger partial charge in [0.05, 0.1) is 19.0 Å². The maximum Gasteiger partial charge on any atom is 0.326 e. The molecule has 4 amide bonds. The number of hydrogen-bond donors (Lipinski definition) is 8. The van der Waals surface area contributed by atoms with Crippen molar-refractivity contribution < 1.29 is 39.0 Å². The van der Waals surface area contributed by atoms with Crippen LogP contribution in [0, 0.1) is 0 Å². The minimum Gasteiger partial charge on any atom is -0.481 e. The zero-order valence-corrected chi connectivity index (χ0v) is 19.2. The molecular weight excluding hydrogens is 476 g/mol. The van der Waals surface area contributed by atoms with Crippen molar-refractivity contribution in [1.82, 2.24) is 20.9 Å². The van der Waals surface area contributed by atoms with Crippen LogP contribution in [-0.4, -0.2) is 75.4 Å². The van der Waals surface area contributed by atoms with Crippen molar-refractivity contribution in [3.05, 3.63) is 36.0 Å². The number of benzene rings is 1. The van der Waals surface area contributed by atoms with E-state index < -0.39 is 66.7 Å². The largest absolute Gasteiger partial charge is 0.481 e. The van der Waals surface area contributed by atoms with Crippen LogP contribution in [-0.2, 0) is 35.2 Å². The van der Waals surface area contributed by atoms with Gasteiger partial charge in [0, 0.05) is 29.9 Å². The number of para-hydroxylation sites is 1. The van der Waals surface area contributed by atoms with Crippen molar-refractivity contribution in [2.24, 2.45) is 11.5 Å². The molecule has 0 bridgehead atoms. The number of aliphatic carboxylic acids is 2. The molecule has 0 aliphatic rings. The van der Waals surface area contributed by atoms with Gasteiger partial charge in [0.15, 0.2) is 0 Å². The van der Waals surface area contributed by atoms with E-state index in [1.807, 2.05) is 12.1 Å². The van der Waals surface area contributed by atoms with E-state index >= 15 is 0 Å². The molecule has 36 heavy (non-hydrogen) atoms. The third-order valence-electron chi connectivity index (χ3n) is 5.20. The first-order valence-corrected chi connectivity index (χ1v) is 10.9. The van der Waals surface area contributed by atoms with Crippen molar-refractivity contribution in [2.45, 2.75) is 43.8 Å². The molecule has 0 fully saturated rings. The van der Waals surface area contributed by atoms with Crippen molar-refractivity contribution in [2.75, 3.05) is 6.54 Å². The minimum absolute atomic E-state index is 0.0768. The van der Waals surface area contributed by atoms with E-state index in [-0.39, 0.29) is 19.3 Å². The standard InChI is InChI=1S/C22H28N6O8/c23-13(5-6-19(31)32)20(33)26-10-18(30)27-15(8-17(24)29)21(34)28-16(22(35)36)7-11-9-25-14-4-2-1-3-12(11)14/h1-4,9,13,15-16,25H,5-8,10,23H2,(H2,24,29)(H,26,33)(H,27,30)(H,28,34)(H,31,32)(H,35,36). The van der Waals surface area contributed by atoms with Crippen molar-refractivity contribution in [3.63, 3.8) is 0 Å². The molecule has 1 aromatic heterocycles. The second kappa shape index (κ2) is 12.9. The third kappa shape index (κ3) is 8.39. The van der Waals surface area contributed by atoms with Gasteiger partial charge in [0.25, 0.3) is 0 Å². The van der Waals surface area contributed by atoms with Crippen LogP contribution in [0.5, 0.6) is 0 Å². The van der Waals surface area contributed by atoms with E-state index in [2.05, 4.69) is 20.9 Å². The van der Waals surface area contributed by atoms with Crippen LogP contribution >= 0.6 is 0 Å². The molecule has 3 unspecified atom stereocenters. The normalized spacial score (nSPS) is 13.2. The summed E-state index contributed by atoms with van der Waals surface area (Å²) in [5.41, 5.74) is 12.1. The molecule has 10 N–H and O–H groups in total. The molecule has 1 aromatic carbocycles. The molecule has 0 radical (unpaired) electrons. The number of carbonyl (C=O) groups is 6. The average molecular weight is 505 g/mol. The third-order valence-corrected chi connectivity index (χ3v) is 5.20. The van der Waals surface area contributed by atoms with Crippen LogP contribution in [0.3, 0.4) is 0 Å². The van der Waals surface area contributed by atoms with E-state index in [1.54, 1.807) is 18.3 Å². The molecule has 2 rings (SSSR count). The maximum atomic E-state index is 12.7. The summed E-state index contributed by atoms with van der Waals surface area (Å²) in [6, 6.07) is 3.14. The summed E-state index contributed by atoms with van der Waals surface area (Å²) in [6.07, 6.45) is 0.433. The van der Waals surface area contributed by atoms with Gasteiger partial charge < -0.3 is 42.6 Å². The second-order valence-corrected chi connectivity index (χ2v) is 8.01. The Labute approximate surface area is 204 Å². The van der Waals surface area contributed by atoms with Crippen LogP contribution in [0.25, 0.3) is 10.9 Å². The zero-order valence-electron chi connectivity index (χ0n) is 19.2. The molecule has 0 saturated carbocycles. The highest BCUT2D eigenvalue weighted by molar-refractivity contribution is 5.95. The fraction of sp³-hybridized carbons (Fsp3) is 0.364. The Balaban J connectivity index is 2.00. The van der Waals surface area contributed by atoms with Gasteiger partial charge in [-0.2, -0.15) is 0 Å². The summed E-state index contributed by atoms with van der Waals surface area (Å²) in [4.78, 5) is 73.7. The average Bonchev–Trinajstić information content (AvgIpc) is 3.22. The quantitative estimate of drug-likeness (QED) is 0.141. The van der Waals surface area contributed by atoms with Gasteiger partial charge in [0.1, 0.15) is 12.1 Å². The van der Waals surface area contributed by atoms with E-state index in [9.17, 15) is 33.9 Å². The van der Waals surface area contributed by atoms with E-state index in [4.69, 9.17) is 16.6 Å². The number of nitrogens with one attached hydrogen (secondary N) is 4. The Bertz CT molecular complexity index is 1150. The number of primary amides is 1. The molecule has 14 heteroatoms. The van der Waals surface area contributed by atoms with E-state index in [0.717, 1.165) is 10.9 Å². The van der Waals surface area contributed by atoms with Crippen molar-refractivity contribution in [1.29, 1.82) is 0 Å². The van der Waals surface area contributed by atoms with E-state index in [0.29, 0.717) is 5.56 Å². The summed E-state index contributed by atoms with van der Waals surface area (Å²) in [5.74, 6) is -6.02. The van der Waals surface area contributed by atoms with Gasteiger partial charge in [-0.1, -0.05) is 18.2 Å². The summed E-state index contributed by atoms with van der Waals surface area (Å²) < 4.78 is 0. The summed E-state index contributed by atoms with van der Waals surface area (Å²) in [6.45, 7) is -0.625. The smallest absolute Gasteiger partial charge is 0.326 e. The maximum absolute atomic E-state index is 12.7. The number of H-pyrrole nitrogens is 1. The summed E-state index contributed by atoms with van der Waals surface area (Å²) in [7, 11) is 0. The lowest BCUT2D eigenvalue weighted by atomic mass is 10.0. The monoisotopic (exact) mass is 504 g/mol. The molecule has 0 spiro atoms. The molecule has 3 atom stereocenters. The zero-order chi connectivity index (χ0) is 26.8. The number of carboxylic acid groups (broad SMARTS) is 2. The Morgan fingerprint density at radius 1 is 0.972 bits per heavy atom. The minimum atomic E-state index is -1.50. The number of fused-ring (bicyclic) bond motifs is 1. The molecule has 0 aliphatic heterocycles. The van der Waals surface area contributed by atoms with Gasteiger partial charge >= 0.3 is 11.9 Å². The van der Waals surface area contributed by atoms with Crippen LogP contribution in [0.15, 0.2) is 30.5 Å². The number of carbonyl (C=O) groups excluding carboxylic acids is 4. The van der Waals surface area contributed by atoms with Crippen LogP contribution in [0.2, 0.25) is 0 Å². The lowest BCUT2D eigenvalue weighted by Gasteiger charge is -2.21. The SMILES string of the molecule is NC(=O)CC(NC(=O)CNC(=O)C(N)CCC(=O)O)C(=O)NC(Cc1c[nH]c2ccccc12)C(=O)O. The van der Waals surface area contributed by atoms with Gasteiger partial charge in [-0.3, -0.25) is 24.0 Å². The molecule has 1 heterocycles. The Hall–Kier alpha value is -4.46. The first-order chi connectivity index (χ1) is 17.0. The lowest BCUT2D eigenvalue weighted by molar-refractivity contribution is -0.142. The molecule has 2 aromatic rings. The van der Waals surface area contributed by atoms with Gasteiger partial charge in [0.2, 0.25) is 23.6 Å². The molecule has 0 aliphatic carbocycles. The van der Waals surface area contributed by atoms with Gasteiger partial charge in [-0.25, -0.2) is 4.79 Å². The Morgan fingerprint density at radius 2 is 1.67 bits per heavy atom. The van der Waals surface area contributed by atoms with Crippen molar-refractivity contribution >= 4 is 46.5 Å². The molecule has 194 valence electrons. The Morgan fingerprint density at radius 3 is 2.31 bits per heavy atom. The molecule has 0 saturated heterocycles. The highest BCUT2D eigenvalue weighted by Crippen LogP contribution is 2.19. The predicted molar refractivity (Wildman–Crippen MR) is 125 cm³/mol. The highest BCUT2D eigenvalue weighted by atomic mass is 16.4. The topological polar surface area (TPSA) is 247 Å². The predicted octanol–water partition coefficient (Wildman–Crippen LogP) is -2.05. The summed E-state index contributed by atoms with van der Waals surface area (Å²) >= 11 is 0. The van der Waals surface area contributed by atoms with Crippen molar-refractivity contribution in [3.8, 4) is 0 Å².